The largest absolute Gasteiger partial charge is 0.491 e. The summed E-state index contributed by atoms with van der Waals surface area (Å²) in [6, 6.07) is 4.18. The Morgan fingerprint density at radius 2 is 1.91 bits per heavy atom. The zero-order valence-electron chi connectivity index (χ0n) is 19.6. The zero-order valence-corrected chi connectivity index (χ0v) is 20.4. The van der Waals surface area contributed by atoms with Gasteiger partial charge in [0.25, 0.3) is 0 Å². The molecular formula is C23H33N7OS. The molecule has 0 radical (unpaired) electrons. The number of nitrogens with one attached hydrogen (secondary N) is 3. The number of benzene rings is 1. The minimum Gasteiger partial charge on any atom is -0.491 e. The first-order chi connectivity index (χ1) is 15.3. The monoisotopic (exact) mass is 455 g/mol. The lowest BCUT2D eigenvalue weighted by Crippen LogP contribution is -2.44. The Bertz CT molecular complexity index is 1070. The van der Waals surface area contributed by atoms with Crippen LogP contribution in [0.4, 0.5) is 11.6 Å². The molecule has 1 aliphatic rings. The van der Waals surface area contributed by atoms with Gasteiger partial charge in [0, 0.05) is 60.2 Å². The summed E-state index contributed by atoms with van der Waals surface area (Å²) in [7, 11) is 0. The van der Waals surface area contributed by atoms with E-state index in [2.05, 4.69) is 62.5 Å². The fraction of sp³-hybridized carbons (Fsp3) is 0.522. The van der Waals surface area contributed by atoms with Gasteiger partial charge in [-0.15, -0.1) is 11.8 Å². The van der Waals surface area contributed by atoms with E-state index in [4.69, 9.17) is 4.74 Å². The van der Waals surface area contributed by atoms with Gasteiger partial charge in [-0.1, -0.05) is 20.8 Å². The Balaban J connectivity index is 1.62. The summed E-state index contributed by atoms with van der Waals surface area (Å²) in [5, 5.41) is 15.1. The third kappa shape index (κ3) is 5.51. The van der Waals surface area contributed by atoms with Crippen molar-refractivity contribution in [1.82, 2.24) is 30.4 Å². The molecule has 0 atom stereocenters. The number of hydrogen-bond donors (Lipinski definition) is 3. The van der Waals surface area contributed by atoms with Gasteiger partial charge in [0.15, 0.2) is 5.82 Å². The van der Waals surface area contributed by atoms with Crippen LogP contribution in [-0.4, -0.2) is 69.1 Å². The minimum atomic E-state index is 0.0451. The van der Waals surface area contributed by atoms with E-state index < -0.39 is 0 Å². The molecule has 1 aliphatic heterocycles. The molecule has 0 bridgehead atoms. The number of nitrogens with zero attached hydrogens (tertiary/aromatic N) is 4. The highest BCUT2D eigenvalue weighted by Crippen LogP contribution is 2.41. The molecule has 0 saturated carbocycles. The minimum absolute atomic E-state index is 0.0451. The number of fused-ring (bicyclic) bond motifs is 1. The lowest BCUT2D eigenvalue weighted by Gasteiger charge is -2.27. The Hall–Kier alpha value is -2.36. The first kappa shape index (κ1) is 22.8. The molecule has 3 heterocycles. The highest BCUT2D eigenvalue weighted by Gasteiger charge is 2.19. The number of thioether (sulfide) groups is 1. The number of aryl methyl sites for hydroxylation is 1. The Morgan fingerprint density at radius 3 is 2.59 bits per heavy atom. The summed E-state index contributed by atoms with van der Waals surface area (Å²) >= 11 is 1.80. The van der Waals surface area contributed by atoms with Gasteiger partial charge in [-0.25, -0.2) is 9.97 Å². The summed E-state index contributed by atoms with van der Waals surface area (Å²) < 4.78 is 6.34. The zero-order chi connectivity index (χ0) is 22.7. The second kappa shape index (κ2) is 9.64. The van der Waals surface area contributed by atoms with Crippen molar-refractivity contribution < 1.29 is 4.74 Å². The number of aromatic nitrogens is 4. The van der Waals surface area contributed by atoms with Crippen molar-refractivity contribution in [2.75, 3.05) is 44.6 Å². The average molecular weight is 456 g/mol. The Labute approximate surface area is 193 Å². The van der Waals surface area contributed by atoms with Crippen LogP contribution in [0.5, 0.6) is 5.75 Å². The molecule has 0 aliphatic carbocycles. The molecule has 9 heteroatoms. The molecular weight excluding hydrogens is 422 g/mol. The van der Waals surface area contributed by atoms with Crippen LogP contribution < -0.4 is 15.4 Å². The first-order valence-corrected chi connectivity index (χ1v) is 11.9. The molecule has 1 fully saturated rings. The predicted octanol–water partition coefficient (Wildman–Crippen LogP) is 3.89. The molecule has 3 aromatic rings. The van der Waals surface area contributed by atoms with Crippen molar-refractivity contribution in [3.63, 3.8) is 0 Å². The van der Waals surface area contributed by atoms with Crippen LogP contribution in [0.15, 0.2) is 23.4 Å². The maximum Gasteiger partial charge on any atom is 0.156 e. The van der Waals surface area contributed by atoms with Gasteiger partial charge >= 0.3 is 0 Å². The van der Waals surface area contributed by atoms with E-state index in [9.17, 15) is 0 Å². The van der Waals surface area contributed by atoms with Crippen LogP contribution >= 0.6 is 11.8 Å². The van der Waals surface area contributed by atoms with Crippen LogP contribution in [0, 0.1) is 13.8 Å². The van der Waals surface area contributed by atoms with Crippen LogP contribution in [0.1, 0.15) is 32.0 Å². The van der Waals surface area contributed by atoms with Gasteiger partial charge in [0.05, 0.1) is 10.4 Å². The standard InChI is InChI=1S/C23H33N7OS/c1-15-16(2)28-29-21(15)27-22-17-12-20(32-23(3,4)5)19(13-18(17)25-14-26-22)31-11-10-30-8-6-24-7-9-30/h12-14,24H,6-11H2,1-5H3,(H2,25,26,27,28,29). The van der Waals surface area contributed by atoms with Crippen LogP contribution in [-0.2, 0) is 0 Å². The molecule has 32 heavy (non-hydrogen) atoms. The van der Waals surface area contributed by atoms with E-state index in [1.807, 2.05) is 19.9 Å². The molecule has 4 rings (SSSR count). The first-order valence-electron chi connectivity index (χ1n) is 11.1. The number of rotatable bonds is 7. The molecule has 3 N–H and O–H groups in total. The molecule has 1 aromatic carbocycles. The van der Waals surface area contributed by atoms with E-state index >= 15 is 0 Å². The molecule has 0 unspecified atom stereocenters. The van der Waals surface area contributed by atoms with E-state index in [-0.39, 0.29) is 4.75 Å². The topological polar surface area (TPSA) is 91.0 Å². The number of ether oxygens (including phenoxy) is 1. The van der Waals surface area contributed by atoms with E-state index in [0.717, 1.165) is 77.2 Å². The Kier molecular flexibility index (Phi) is 6.88. The van der Waals surface area contributed by atoms with Gasteiger partial charge < -0.3 is 15.4 Å². The summed E-state index contributed by atoms with van der Waals surface area (Å²) in [6.45, 7) is 16.5. The molecule has 172 valence electrons. The van der Waals surface area contributed by atoms with E-state index in [1.54, 1.807) is 18.1 Å². The molecule has 8 nitrogen and oxygen atoms in total. The lowest BCUT2D eigenvalue weighted by atomic mass is 10.2. The molecule has 0 spiro atoms. The summed E-state index contributed by atoms with van der Waals surface area (Å²) in [5.41, 5.74) is 2.96. The van der Waals surface area contributed by atoms with Crippen molar-refractivity contribution in [3.05, 3.63) is 29.7 Å². The summed E-state index contributed by atoms with van der Waals surface area (Å²) in [5.74, 6) is 2.40. The van der Waals surface area contributed by atoms with Crippen LogP contribution in [0.3, 0.4) is 0 Å². The summed E-state index contributed by atoms with van der Waals surface area (Å²) in [6.07, 6.45) is 1.58. The van der Waals surface area contributed by atoms with Crippen LogP contribution in [0.25, 0.3) is 10.9 Å². The van der Waals surface area contributed by atoms with Gasteiger partial charge in [0.2, 0.25) is 0 Å². The third-order valence-corrected chi connectivity index (χ3v) is 6.63. The van der Waals surface area contributed by atoms with E-state index in [0.29, 0.717) is 6.61 Å². The molecule has 1 saturated heterocycles. The van der Waals surface area contributed by atoms with Crippen molar-refractivity contribution in [3.8, 4) is 5.75 Å². The number of piperazine rings is 1. The van der Waals surface area contributed by atoms with Gasteiger partial charge in [-0.05, 0) is 19.9 Å². The molecule has 0 amide bonds. The van der Waals surface area contributed by atoms with Crippen molar-refractivity contribution in [1.29, 1.82) is 0 Å². The van der Waals surface area contributed by atoms with Crippen molar-refractivity contribution in [2.45, 2.75) is 44.3 Å². The number of anilines is 2. The number of hydrogen-bond acceptors (Lipinski definition) is 8. The Morgan fingerprint density at radius 1 is 1.12 bits per heavy atom. The fourth-order valence-electron chi connectivity index (χ4n) is 3.62. The van der Waals surface area contributed by atoms with Crippen molar-refractivity contribution in [2.24, 2.45) is 0 Å². The normalized spacial score (nSPS) is 15.3. The van der Waals surface area contributed by atoms with Crippen molar-refractivity contribution >= 4 is 34.3 Å². The van der Waals surface area contributed by atoms with E-state index in [1.165, 1.54) is 0 Å². The average Bonchev–Trinajstić information content (AvgIpc) is 3.06. The maximum atomic E-state index is 6.29. The quantitative estimate of drug-likeness (QED) is 0.462. The lowest BCUT2D eigenvalue weighted by molar-refractivity contribution is 0.189. The second-order valence-electron chi connectivity index (χ2n) is 9.14. The maximum absolute atomic E-state index is 6.29. The van der Waals surface area contributed by atoms with Gasteiger partial charge in [-0.3, -0.25) is 10.00 Å². The number of H-pyrrole nitrogens is 1. The molecule has 2 aromatic heterocycles. The van der Waals surface area contributed by atoms with Gasteiger partial charge in [-0.2, -0.15) is 5.10 Å². The third-order valence-electron chi connectivity index (χ3n) is 5.48. The summed E-state index contributed by atoms with van der Waals surface area (Å²) in [4.78, 5) is 12.6. The van der Waals surface area contributed by atoms with Crippen LogP contribution in [0.2, 0.25) is 0 Å². The number of aromatic amines is 1. The predicted molar refractivity (Wildman–Crippen MR) is 131 cm³/mol. The second-order valence-corrected chi connectivity index (χ2v) is 11.0. The van der Waals surface area contributed by atoms with Gasteiger partial charge in [0.1, 0.15) is 24.5 Å². The smallest absolute Gasteiger partial charge is 0.156 e. The SMILES string of the molecule is Cc1[nH]nc(Nc2ncnc3cc(OCCN4CCNCC4)c(SC(C)(C)C)cc23)c1C. The highest BCUT2D eigenvalue weighted by atomic mass is 32.2. The fourth-order valence-corrected chi connectivity index (χ4v) is 4.68. The highest BCUT2D eigenvalue weighted by molar-refractivity contribution is 8.00.